The first-order valence-electron chi connectivity index (χ1n) is 5.40. The number of rotatable bonds is 7. The highest BCUT2D eigenvalue weighted by atomic mass is 16.5. The highest BCUT2D eigenvalue weighted by molar-refractivity contribution is 5.78. The minimum Gasteiger partial charge on any atom is -0.480 e. The van der Waals surface area contributed by atoms with Gasteiger partial charge in [-0.1, -0.05) is 0 Å². The fourth-order valence-electron chi connectivity index (χ4n) is 1.38. The fourth-order valence-corrected chi connectivity index (χ4v) is 1.38. The number of carboxylic acid groups (broad SMARTS) is 1. The molecule has 0 amide bonds. The smallest absolute Gasteiger partial charge is 0.323 e. The quantitative estimate of drug-likeness (QED) is 0.680. The molecule has 4 heteroatoms. The molecule has 0 aliphatic rings. The summed E-state index contributed by atoms with van der Waals surface area (Å²) in [6.07, 6.45) is 0.612. The summed E-state index contributed by atoms with van der Waals surface area (Å²) in [7, 11) is 0. The van der Waals surface area contributed by atoms with Gasteiger partial charge in [0.05, 0.1) is 6.10 Å². The lowest BCUT2D eigenvalue weighted by Gasteiger charge is -2.28. The Morgan fingerprint density at radius 1 is 1.40 bits per heavy atom. The van der Waals surface area contributed by atoms with Crippen molar-refractivity contribution in [3.05, 3.63) is 0 Å². The van der Waals surface area contributed by atoms with E-state index < -0.39 is 11.5 Å². The topological polar surface area (TPSA) is 58.6 Å². The summed E-state index contributed by atoms with van der Waals surface area (Å²) in [5.41, 5.74) is -0.900. The standard InChI is InChI=1S/C11H23NO3/c1-8(2)12-11(5,10(13)14)6-7-15-9(3)4/h8-9,12H,6-7H2,1-5H3,(H,13,14). The van der Waals surface area contributed by atoms with Gasteiger partial charge >= 0.3 is 5.97 Å². The monoisotopic (exact) mass is 217 g/mol. The summed E-state index contributed by atoms with van der Waals surface area (Å²) in [6, 6.07) is 0.144. The van der Waals surface area contributed by atoms with E-state index in [1.54, 1.807) is 6.92 Å². The Morgan fingerprint density at radius 3 is 2.27 bits per heavy atom. The van der Waals surface area contributed by atoms with Crippen molar-refractivity contribution >= 4 is 5.97 Å². The number of aliphatic carboxylic acids is 1. The van der Waals surface area contributed by atoms with E-state index in [0.29, 0.717) is 13.0 Å². The van der Waals surface area contributed by atoms with E-state index in [9.17, 15) is 4.79 Å². The van der Waals surface area contributed by atoms with E-state index in [2.05, 4.69) is 5.32 Å². The van der Waals surface area contributed by atoms with Gasteiger partial charge in [-0.15, -0.1) is 0 Å². The second kappa shape index (κ2) is 6.08. The van der Waals surface area contributed by atoms with E-state index in [0.717, 1.165) is 0 Å². The number of hydrogen-bond acceptors (Lipinski definition) is 3. The molecule has 90 valence electrons. The van der Waals surface area contributed by atoms with Crippen LogP contribution in [-0.2, 0) is 9.53 Å². The number of carbonyl (C=O) groups is 1. The van der Waals surface area contributed by atoms with Gasteiger partial charge < -0.3 is 9.84 Å². The minimum absolute atomic E-state index is 0.141. The maximum atomic E-state index is 11.1. The van der Waals surface area contributed by atoms with Crippen LogP contribution >= 0.6 is 0 Å². The molecule has 0 aromatic rings. The van der Waals surface area contributed by atoms with Gasteiger partial charge in [-0.2, -0.15) is 0 Å². The molecule has 2 N–H and O–H groups in total. The summed E-state index contributed by atoms with van der Waals surface area (Å²) in [6.45, 7) is 9.90. The largest absolute Gasteiger partial charge is 0.480 e. The van der Waals surface area contributed by atoms with E-state index in [1.807, 2.05) is 27.7 Å². The van der Waals surface area contributed by atoms with Crippen LogP contribution in [0.4, 0.5) is 0 Å². The molecular formula is C11H23NO3. The molecule has 0 rings (SSSR count). The van der Waals surface area contributed by atoms with Crippen LogP contribution in [0.5, 0.6) is 0 Å². The van der Waals surface area contributed by atoms with Crippen molar-refractivity contribution in [1.82, 2.24) is 5.32 Å². The van der Waals surface area contributed by atoms with Crippen LogP contribution in [0.2, 0.25) is 0 Å². The van der Waals surface area contributed by atoms with Crippen LogP contribution < -0.4 is 5.32 Å². The molecule has 1 atom stereocenters. The van der Waals surface area contributed by atoms with Gasteiger partial charge in [0.15, 0.2) is 0 Å². The van der Waals surface area contributed by atoms with Gasteiger partial charge in [-0.3, -0.25) is 10.1 Å². The van der Waals surface area contributed by atoms with Gasteiger partial charge in [-0.25, -0.2) is 0 Å². The van der Waals surface area contributed by atoms with Crippen LogP contribution in [0.15, 0.2) is 0 Å². The molecule has 4 nitrogen and oxygen atoms in total. The average Bonchev–Trinajstić information content (AvgIpc) is 2.01. The van der Waals surface area contributed by atoms with Crippen molar-refractivity contribution < 1.29 is 14.6 Å². The summed E-state index contributed by atoms with van der Waals surface area (Å²) in [5.74, 6) is -0.830. The number of nitrogens with one attached hydrogen (secondary N) is 1. The molecule has 0 aliphatic carbocycles. The first-order chi connectivity index (χ1) is 6.78. The molecule has 0 aliphatic heterocycles. The Bertz CT molecular complexity index is 204. The summed E-state index contributed by atoms with van der Waals surface area (Å²) < 4.78 is 5.37. The lowest BCUT2D eigenvalue weighted by atomic mass is 9.97. The maximum Gasteiger partial charge on any atom is 0.323 e. The maximum absolute atomic E-state index is 11.1. The third-order valence-electron chi connectivity index (χ3n) is 2.13. The van der Waals surface area contributed by atoms with E-state index in [1.165, 1.54) is 0 Å². The minimum atomic E-state index is -0.900. The van der Waals surface area contributed by atoms with Gasteiger partial charge in [0.25, 0.3) is 0 Å². The second-order valence-corrected chi connectivity index (χ2v) is 4.61. The molecule has 0 radical (unpaired) electrons. The molecule has 0 aromatic carbocycles. The molecule has 15 heavy (non-hydrogen) atoms. The number of hydrogen-bond donors (Lipinski definition) is 2. The zero-order chi connectivity index (χ0) is 12.1. The van der Waals surface area contributed by atoms with Crippen LogP contribution in [0, 0.1) is 0 Å². The van der Waals surface area contributed by atoms with E-state index in [-0.39, 0.29) is 12.1 Å². The summed E-state index contributed by atoms with van der Waals surface area (Å²) >= 11 is 0. The lowest BCUT2D eigenvalue weighted by Crippen LogP contribution is -2.53. The summed E-state index contributed by atoms with van der Waals surface area (Å²) in [4.78, 5) is 11.1. The molecular weight excluding hydrogens is 194 g/mol. The normalized spacial score (nSPS) is 15.7. The lowest BCUT2D eigenvalue weighted by molar-refractivity contribution is -0.145. The molecule has 0 saturated heterocycles. The fraction of sp³-hybridized carbons (Fsp3) is 0.909. The zero-order valence-electron chi connectivity index (χ0n) is 10.3. The Hall–Kier alpha value is -0.610. The van der Waals surface area contributed by atoms with Crippen molar-refractivity contribution in [3.63, 3.8) is 0 Å². The van der Waals surface area contributed by atoms with Crippen LogP contribution in [-0.4, -0.2) is 35.4 Å². The van der Waals surface area contributed by atoms with Crippen molar-refractivity contribution in [2.45, 2.75) is 58.7 Å². The van der Waals surface area contributed by atoms with Gasteiger partial charge in [-0.05, 0) is 41.0 Å². The third kappa shape index (κ3) is 5.74. The van der Waals surface area contributed by atoms with Crippen LogP contribution in [0.3, 0.4) is 0 Å². The molecule has 1 unspecified atom stereocenters. The molecule has 0 bridgehead atoms. The van der Waals surface area contributed by atoms with Crippen molar-refractivity contribution in [1.29, 1.82) is 0 Å². The van der Waals surface area contributed by atoms with Gasteiger partial charge in [0.2, 0.25) is 0 Å². The van der Waals surface area contributed by atoms with Crippen molar-refractivity contribution in [3.8, 4) is 0 Å². The Kier molecular flexibility index (Phi) is 5.83. The predicted octanol–water partition coefficient (Wildman–Crippen LogP) is 1.64. The molecule has 0 heterocycles. The average molecular weight is 217 g/mol. The SMILES string of the molecule is CC(C)NC(C)(CCOC(C)C)C(=O)O. The Morgan fingerprint density at radius 2 is 1.93 bits per heavy atom. The van der Waals surface area contributed by atoms with E-state index in [4.69, 9.17) is 9.84 Å². The molecule has 0 saturated carbocycles. The molecule has 0 fully saturated rings. The molecule has 0 aromatic heterocycles. The predicted molar refractivity (Wildman–Crippen MR) is 60.0 cm³/mol. The van der Waals surface area contributed by atoms with Crippen LogP contribution in [0.1, 0.15) is 41.0 Å². The third-order valence-corrected chi connectivity index (χ3v) is 2.13. The molecule has 0 spiro atoms. The van der Waals surface area contributed by atoms with E-state index >= 15 is 0 Å². The van der Waals surface area contributed by atoms with Crippen LogP contribution in [0.25, 0.3) is 0 Å². The first-order valence-corrected chi connectivity index (χ1v) is 5.40. The Labute approximate surface area is 92.0 Å². The number of carboxylic acids is 1. The Balaban J connectivity index is 4.20. The number of ether oxygens (including phenoxy) is 1. The van der Waals surface area contributed by atoms with Gasteiger partial charge in [0.1, 0.15) is 5.54 Å². The van der Waals surface area contributed by atoms with Gasteiger partial charge in [0, 0.05) is 12.6 Å². The highest BCUT2D eigenvalue weighted by Gasteiger charge is 2.33. The summed E-state index contributed by atoms with van der Waals surface area (Å²) in [5, 5.41) is 12.2. The second-order valence-electron chi connectivity index (χ2n) is 4.61. The first kappa shape index (κ1) is 14.4. The van der Waals surface area contributed by atoms with Crippen molar-refractivity contribution in [2.75, 3.05) is 6.61 Å². The highest BCUT2D eigenvalue weighted by Crippen LogP contribution is 2.12. The van der Waals surface area contributed by atoms with Crippen molar-refractivity contribution in [2.24, 2.45) is 0 Å². The zero-order valence-corrected chi connectivity index (χ0v) is 10.3.